The standard InChI is InChI=1S/C24H33NO3.ClH/c1-27-24(26)13-9-4-2-3-8-12-22(25)18-20-14-16-23(17-15-20)28-19-21-10-6-5-7-11-21;/h5-7,10-11,14-17,22H,2-4,8-9,12-13,18-19,25H2,1H3;1H. The van der Waals surface area contributed by atoms with E-state index < -0.39 is 0 Å². The van der Waals surface area contributed by atoms with Crippen LogP contribution < -0.4 is 10.5 Å². The Balaban J connectivity index is 0.00000420. The van der Waals surface area contributed by atoms with Crippen molar-refractivity contribution in [2.45, 2.75) is 64.0 Å². The SMILES string of the molecule is COC(=O)CCCCCCCC(N)Cc1ccc(OCc2ccccc2)cc1.Cl. The number of benzene rings is 2. The molecule has 0 aliphatic heterocycles. The first-order valence-corrected chi connectivity index (χ1v) is 10.3. The Morgan fingerprint density at radius 1 is 0.897 bits per heavy atom. The van der Waals surface area contributed by atoms with Gasteiger partial charge in [0.2, 0.25) is 0 Å². The second-order valence-corrected chi connectivity index (χ2v) is 7.27. The molecule has 2 N–H and O–H groups in total. The molecule has 0 saturated heterocycles. The summed E-state index contributed by atoms with van der Waals surface area (Å²) >= 11 is 0. The summed E-state index contributed by atoms with van der Waals surface area (Å²) in [4.78, 5) is 11.0. The maximum atomic E-state index is 11.0. The van der Waals surface area contributed by atoms with Gasteiger partial charge in [0.1, 0.15) is 12.4 Å². The fraction of sp³-hybridized carbons (Fsp3) is 0.458. The smallest absolute Gasteiger partial charge is 0.305 e. The minimum absolute atomic E-state index is 0. The van der Waals surface area contributed by atoms with Crippen molar-refractivity contribution in [3.05, 3.63) is 65.7 Å². The predicted octanol–water partition coefficient (Wildman–Crippen LogP) is 5.46. The van der Waals surface area contributed by atoms with E-state index in [0.717, 1.165) is 44.3 Å². The number of halogens is 1. The van der Waals surface area contributed by atoms with Crippen molar-refractivity contribution >= 4 is 18.4 Å². The third-order valence-corrected chi connectivity index (χ3v) is 4.85. The number of nitrogens with two attached hydrogens (primary N) is 1. The third-order valence-electron chi connectivity index (χ3n) is 4.85. The van der Waals surface area contributed by atoms with E-state index in [2.05, 4.69) is 29.0 Å². The van der Waals surface area contributed by atoms with Crippen LogP contribution in [0.3, 0.4) is 0 Å². The van der Waals surface area contributed by atoms with E-state index in [1.165, 1.54) is 24.7 Å². The summed E-state index contributed by atoms with van der Waals surface area (Å²) in [6.45, 7) is 0.583. The molecule has 0 aliphatic carbocycles. The quantitative estimate of drug-likeness (QED) is 0.346. The van der Waals surface area contributed by atoms with Gasteiger partial charge in [-0.1, -0.05) is 68.1 Å². The molecule has 0 aliphatic rings. The number of ether oxygens (including phenoxy) is 2. The molecule has 2 aromatic carbocycles. The highest BCUT2D eigenvalue weighted by atomic mass is 35.5. The largest absolute Gasteiger partial charge is 0.489 e. The van der Waals surface area contributed by atoms with Gasteiger partial charge in [0.05, 0.1) is 7.11 Å². The average Bonchev–Trinajstić information content (AvgIpc) is 2.73. The van der Waals surface area contributed by atoms with E-state index in [1.807, 2.05) is 30.3 Å². The van der Waals surface area contributed by atoms with Gasteiger partial charge in [0.15, 0.2) is 0 Å². The van der Waals surface area contributed by atoms with E-state index >= 15 is 0 Å². The summed E-state index contributed by atoms with van der Waals surface area (Å²) in [5.41, 5.74) is 8.70. The highest BCUT2D eigenvalue weighted by molar-refractivity contribution is 5.85. The number of carbonyl (C=O) groups is 1. The highest BCUT2D eigenvalue weighted by Gasteiger charge is 2.05. The molecular formula is C24H34ClNO3. The molecule has 5 heteroatoms. The lowest BCUT2D eigenvalue weighted by molar-refractivity contribution is -0.140. The maximum Gasteiger partial charge on any atom is 0.305 e. The Labute approximate surface area is 181 Å². The topological polar surface area (TPSA) is 61.5 Å². The van der Waals surface area contributed by atoms with Crippen molar-refractivity contribution in [2.24, 2.45) is 5.73 Å². The number of esters is 1. The minimum atomic E-state index is -0.112. The van der Waals surface area contributed by atoms with Crippen molar-refractivity contribution in [3.63, 3.8) is 0 Å². The average molecular weight is 420 g/mol. The Bertz CT molecular complexity index is 676. The highest BCUT2D eigenvalue weighted by Crippen LogP contribution is 2.16. The van der Waals surface area contributed by atoms with Gasteiger partial charge in [-0.05, 0) is 42.5 Å². The summed E-state index contributed by atoms with van der Waals surface area (Å²) in [6, 6.07) is 18.6. The second-order valence-electron chi connectivity index (χ2n) is 7.27. The molecular weight excluding hydrogens is 386 g/mol. The zero-order chi connectivity index (χ0) is 20.0. The van der Waals surface area contributed by atoms with Crippen LogP contribution in [0.2, 0.25) is 0 Å². The molecule has 160 valence electrons. The Morgan fingerprint density at radius 3 is 2.24 bits per heavy atom. The molecule has 0 fully saturated rings. The summed E-state index contributed by atoms with van der Waals surface area (Å²) in [5.74, 6) is 0.770. The van der Waals surface area contributed by atoms with Crippen LogP contribution in [0.25, 0.3) is 0 Å². The van der Waals surface area contributed by atoms with Crippen LogP contribution in [0.4, 0.5) is 0 Å². The molecule has 0 radical (unpaired) electrons. The fourth-order valence-corrected chi connectivity index (χ4v) is 3.18. The Morgan fingerprint density at radius 2 is 1.55 bits per heavy atom. The van der Waals surface area contributed by atoms with Crippen LogP contribution >= 0.6 is 12.4 Å². The summed E-state index contributed by atoms with van der Waals surface area (Å²) in [6.07, 6.45) is 7.90. The molecule has 1 unspecified atom stereocenters. The maximum absolute atomic E-state index is 11.0. The molecule has 1 atom stereocenters. The van der Waals surface area contributed by atoms with Crippen LogP contribution in [0.15, 0.2) is 54.6 Å². The van der Waals surface area contributed by atoms with Crippen LogP contribution in [0.5, 0.6) is 5.75 Å². The van der Waals surface area contributed by atoms with Crippen molar-refractivity contribution in [3.8, 4) is 5.75 Å². The lowest BCUT2D eigenvalue weighted by Crippen LogP contribution is -2.22. The molecule has 0 bridgehead atoms. The Hall–Kier alpha value is -2.04. The number of methoxy groups -OCH3 is 1. The number of carbonyl (C=O) groups excluding carboxylic acids is 1. The first-order chi connectivity index (χ1) is 13.7. The number of hydrogen-bond donors (Lipinski definition) is 1. The first kappa shape index (κ1) is 25.0. The third kappa shape index (κ3) is 10.9. The van der Waals surface area contributed by atoms with Crippen molar-refractivity contribution in [1.82, 2.24) is 0 Å². The van der Waals surface area contributed by atoms with Gasteiger partial charge in [-0.25, -0.2) is 0 Å². The van der Waals surface area contributed by atoms with Crippen molar-refractivity contribution in [2.75, 3.05) is 7.11 Å². The number of unbranched alkanes of at least 4 members (excludes halogenated alkanes) is 4. The van der Waals surface area contributed by atoms with Crippen LogP contribution in [0, 0.1) is 0 Å². The normalized spacial score (nSPS) is 11.4. The van der Waals surface area contributed by atoms with Gasteiger partial charge >= 0.3 is 5.97 Å². The molecule has 0 heterocycles. The van der Waals surface area contributed by atoms with Crippen molar-refractivity contribution in [1.29, 1.82) is 0 Å². The van der Waals surface area contributed by atoms with Gasteiger partial charge in [-0.3, -0.25) is 4.79 Å². The van der Waals surface area contributed by atoms with E-state index in [4.69, 9.17) is 10.5 Å². The van der Waals surface area contributed by atoms with Crippen LogP contribution in [-0.2, 0) is 22.6 Å². The predicted molar refractivity (Wildman–Crippen MR) is 120 cm³/mol. The van der Waals surface area contributed by atoms with Crippen LogP contribution in [0.1, 0.15) is 56.1 Å². The number of rotatable bonds is 13. The molecule has 2 rings (SSSR count). The monoisotopic (exact) mass is 419 g/mol. The van der Waals surface area contributed by atoms with Crippen molar-refractivity contribution < 1.29 is 14.3 Å². The summed E-state index contributed by atoms with van der Waals surface area (Å²) < 4.78 is 10.5. The van der Waals surface area contributed by atoms with E-state index in [9.17, 15) is 4.79 Å². The molecule has 0 saturated carbocycles. The molecule has 29 heavy (non-hydrogen) atoms. The number of hydrogen-bond acceptors (Lipinski definition) is 4. The molecule has 0 amide bonds. The lowest BCUT2D eigenvalue weighted by Gasteiger charge is -2.12. The zero-order valence-corrected chi connectivity index (χ0v) is 18.2. The molecule has 0 spiro atoms. The second kappa shape index (κ2) is 14.9. The lowest BCUT2D eigenvalue weighted by atomic mass is 10.0. The molecule has 0 aromatic heterocycles. The van der Waals surface area contributed by atoms with E-state index in [-0.39, 0.29) is 24.4 Å². The molecule has 2 aromatic rings. The summed E-state index contributed by atoms with van der Waals surface area (Å²) in [7, 11) is 1.44. The minimum Gasteiger partial charge on any atom is -0.489 e. The summed E-state index contributed by atoms with van der Waals surface area (Å²) in [5, 5.41) is 0. The fourth-order valence-electron chi connectivity index (χ4n) is 3.18. The van der Waals surface area contributed by atoms with E-state index in [0.29, 0.717) is 13.0 Å². The zero-order valence-electron chi connectivity index (χ0n) is 17.3. The van der Waals surface area contributed by atoms with Gasteiger partial charge in [-0.15, -0.1) is 12.4 Å². The van der Waals surface area contributed by atoms with Crippen LogP contribution in [-0.4, -0.2) is 19.1 Å². The first-order valence-electron chi connectivity index (χ1n) is 10.3. The van der Waals surface area contributed by atoms with E-state index in [1.54, 1.807) is 0 Å². The van der Waals surface area contributed by atoms with Gasteiger partial charge in [-0.2, -0.15) is 0 Å². The van der Waals surface area contributed by atoms with Gasteiger partial charge < -0.3 is 15.2 Å². The Kier molecular flexibility index (Phi) is 12.8. The van der Waals surface area contributed by atoms with Gasteiger partial charge in [0.25, 0.3) is 0 Å². The van der Waals surface area contributed by atoms with Gasteiger partial charge in [0, 0.05) is 12.5 Å². The molecule has 4 nitrogen and oxygen atoms in total.